The predicted octanol–water partition coefficient (Wildman–Crippen LogP) is -0.426. The molecule has 0 saturated carbocycles. The van der Waals surface area contributed by atoms with Crippen molar-refractivity contribution in [3.05, 3.63) is 5.69 Å². The van der Waals surface area contributed by atoms with Crippen molar-refractivity contribution in [2.75, 3.05) is 18.7 Å². The number of amides is 1. The van der Waals surface area contributed by atoms with Crippen LogP contribution in [0.3, 0.4) is 0 Å². The zero-order valence-electron chi connectivity index (χ0n) is 7.11. The molecule has 72 valence electrons. The van der Waals surface area contributed by atoms with Crippen molar-refractivity contribution in [2.45, 2.75) is 6.92 Å². The topological polar surface area (TPSA) is 103 Å². The standard InChI is InChI=1S/C6H10N4O3/c1-2-12-3-8-6-4(5(7)11)9-13-10-6/h2-3H2,1H3,(H2,7,11)(H,8,10). The fourth-order valence-electron chi connectivity index (χ4n) is 0.688. The minimum Gasteiger partial charge on any atom is -0.364 e. The predicted molar refractivity (Wildman–Crippen MR) is 42.9 cm³/mol. The van der Waals surface area contributed by atoms with Crippen LogP contribution in [0.15, 0.2) is 4.63 Å². The van der Waals surface area contributed by atoms with Crippen LogP contribution in [0.25, 0.3) is 0 Å². The molecule has 1 heterocycles. The first-order valence-corrected chi connectivity index (χ1v) is 3.69. The second-order valence-corrected chi connectivity index (χ2v) is 2.14. The third-order valence-corrected chi connectivity index (χ3v) is 1.27. The Hall–Kier alpha value is -1.63. The van der Waals surface area contributed by atoms with E-state index in [2.05, 4.69) is 20.3 Å². The fourth-order valence-corrected chi connectivity index (χ4v) is 0.688. The number of hydrogen-bond acceptors (Lipinski definition) is 6. The molecule has 13 heavy (non-hydrogen) atoms. The lowest BCUT2D eigenvalue weighted by molar-refractivity contribution is 0.0991. The molecule has 0 bridgehead atoms. The maximum absolute atomic E-state index is 10.7. The molecule has 7 heteroatoms. The molecule has 0 spiro atoms. The number of ether oxygens (including phenoxy) is 1. The average molecular weight is 186 g/mol. The number of carbonyl (C=O) groups is 1. The van der Waals surface area contributed by atoms with Gasteiger partial charge >= 0.3 is 0 Å². The van der Waals surface area contributed by atoms with Gasteiger partial charge in [-0.25, -0.2) is 4.63 Å². The van der Waals surface area contributed by atoms with E-state index < -0.39 is 5.91 Å². The van der Waals surface area contributed by atoms with E-state index >= 15 is 0 Å². The second kappa shape index (κ2) is 4.41. The molecule has 0 aliphatic carbocycles. The van der Waals surface area contributed by atoms with Crippen LogP contribution in [0.4, 0.5) is 5.82 Å². The minimum absolute atomic E-state index is 0.0281. The summed E-state index contributed by atoms with van der Waals surface area (Å²) in [6.45, 7) is 2.63. The van der Waals surface area contributed by atoms with Gasteiger partial charge in [0.15, 0.2) is 0 Å². The van der Waals surface area contributed by atoms with E-state index in [-0.39, 0.29) is 18.2 Å². The number of nitrogens with zero attached hydrogens (tertiary/aromatic N) is 2. The third-order valence-electron chi connectivity index (χ3n) is 1.27. The Labute approximate surface area is 74.2 Å². The largest absolute Gasteiger partial charge is 0.364 e. The number of carbonyl (C=O) groups excluding carboxylic acids is 1. The van der Waals surface area contributed by atoms with Gasteiger partial charge in [-0.3, -0.25) is 4.79 Å². The van der Waals surface area contributed by atoms with Gasteiger partial charge in [0, 0.05) is 6.61 Å². The molecule has 1 rings (SSSR count). The molecular weight excluding hydrogens is 176 g/mol. The summed E-state index contributed by atoms with van der Waals surface area (Å²) in [6.07, 6.45) is 0. The molecule has 0 radical (unpaired) electrons. The number of rotatable bonds is 5. The second-order valence-electron chi connectivity index (χ2n) is 2.14. The number of nitrogens with one attached hydrogen (secondary N) is 1. The summed E-state index contributed by atoms with van der Waals surface area (Å²) in [5.74, 6) is -0.499. The lowest BCUT2D eigenvalue weighted by atomic mass is 10.4. The van der Waals surface area contributed by atoms with Crippen molar-refractivity contribution >= 4 is 11.7 Å². The Morgan fingerprint density at radius 2 is 2.46 bits per heavy atom. The molecule has 0 unspecified atom stereocenters. The molecular formula is C6H10N4O3. The van der Waals surface area contributed by atoms with Gasteiger partial charge in [0.2, 0.25) is 11.5 Å². The Bertz CT molecular complexity index is 285. The number of aromatic nitrogens is 2. The smallest absolute Gasteiger partial charge is 0.274 e. The van der Waals surface area contributed by atoms with Crippen LogP contribution in [0.1, 0.15) is 17.4 Å². The van der Waals surface area contributed by atoms with Crippen LogP contribution in [0.2, 0.25) is 0 Å². The van der Waals surface area contributed by atoms with Crippen LogP contribution in [-0.2, 0) is 4.74 Å². The van der Waals surface area contributed by atoms with E-state index in [4.69, 9.17) is 10.5 Å². The summed E-state index contributed by atoms with van der Waals surface area (Å²) in [5, 5.41) is 9.43. The lowest BCUT2D eigenvalue weighted by Gasteiger charge is -2.01. The monoisotopic (exact) mass is 186 g/mol. The van der Waals surface area contributed by atoms with Crippen molar-refractivity contribution in [2.24, 2.45) is 5.73 Å². The first kappa shape index (κ1) is 9.46. The maximum atomic E-state index is 10.7. The van der Waals surface area contributed by atoms with Crippen LogP contribution in [0, 0.1) is 0 Å². The number of hydrogen-bond donors (Lipinski definition) is 2. The number of anilines is 1. The van der Waals surface area contributed by atoms with E-state index in [1.807, 2.05) is 6.92 Å². The van der Waals surface area contributed by atoms with Crippen molar-refractivity contribution in [3.8, 4) is 0 Å². The molecule has 3 N–H and O–H groups in total. The molecule has 0 saturated heterocycles. The SMILES string of the molecule is CCOCNc1nonc1C(N)=O. The molecule has 1 aromatic heterocycles. The van der Waals surface area contributed by atoms with Crippen molar-refractivity contribution < 1.29 is 14.2 Å². The van der Waals surface area contributed by atoms with Crippen molar-refractivity contribution in [1.29, 1.82) is 0 Å². The molecule has 0 aliphatic rings. The highest BCUT2D eigenvalue weighted by Crippen LogP contribution is 2.07. The maximum Gasteiger partial charge on any atom is 0.274 e. The molecule has 1 amide bonds. The first-order chi connectivity index (χ1) is 6.25. The Balaban J connectivity index is 2.55. The summed E-state index contributed by atoms with van der Waals surface area (Å²) in [4.78, 5) is 10.7. The van der Waals surface area contributed by atoms with Crippen LogP contribution in [-0.4, -0.2) is 29.6 Å². The van der Waals surface area contributed by atoms with Gasteiger partial charge in [-0.1, -0.05) is 0 Å². The highest BCUT2D eigenvalue weighted by atomic mass is 16.6. The first-order valence-electron chi connectivity index (χ1n) is 3.69. The molecule has 1 aromatic rings. The minimum atomic E-state index is -0.694. The van der Waals surface area contributed by atoms with Crippen LogP contribution < -0.4 is 11.1 Å². The van der Waals surface area contributed by atoms with Gasteiger partial charge in [0.25, 0.3) is 5.91 Å². The highest BCUT2D eigenvalue weighted by molar-refractivity contribution is 5.95. The normalized spacial score (nSPS) is 9.92. The summed E-state index contributed by atoms with van der Waals surface area (Å²) in [6, 6.07) is 0. The lowest BCUT2D eigenvalue weighted by Crippen LogP contribution is -2.15. The molecule has 7 nitrogen and oxygen atoms in total. The van der Waals surface area contributed by atoms with Gasteiger partial charge in [0.1, 0.15) is 6.73 Å². The Morgan fingerprint density at radius 1 is 1.69 bits per heavy atom. The van der Waals surface area contributed by atoms with Gasteiger partial charge < -0.3 is 15.8 Å². The van der Waals surface area contributed by atoms with E-state index in [9.17, 15) is 4.79 Å². The Kier molecular flexibility index (Phi) is 3.21. The summed E-state index contributed by atoms with van der Waals surface area (Å²) in [7, 11) is 0. The zero-order chi connectivity index (χ0) is 9.68. The van der Waals surface area contributed by atoms with Gasteiger partial charge in [-0.15, -0.1) is 0 Å². The van der Waals surface area contributed by atoms with E-state index in [0.717, 1.165) is 0 Å². The summed E-state index contributed by atoms with van der Waals surface area (Å²) < 4.78 is 9.29. The number of nitrogens with two attached hydrogens (primary N) is 1. The zero-order valence-corrected chi connectivity index (χ0v) is 7.11. The highest BCUT2D eigenvalue weighted by Gasteiger charge is 2.14. The van der Waals surface area contributed by atoms with Gasteiger partial charge in [-0.2, -0.15) is 0 Å². The van der Waals surface area contributed by atoms with E-state index in [1.165, 1.54) is 0 Å². The fraction of sp³-hybridized carbons (Fsp3) is 0.500. The van der Waals surface area contributed by atoms with Crippen molar-refractivity contribution in [1.82, 2.24) is 10.3 Å². The van der Waals surface area contributed by atoms with Crippen molar-refractivity contribution in [3.63, 3.8) is 0 Å². The third kappa shape index (κ3) is 2.41. The van der Waals surface area contributed by atoms with E-state index in [1.54, 1.807) is 0 Å². The molecule has 0 aliphatic heterocycles. The van der Waals surface area contributed by atoms with E-state index in [0.29, 0.717) is 6.61 Å². The Morgan fingerprint density at radius 3 is 3.08 bits per heavy atom. The summed E-state index contributed by atoms with van der Waals surface area (Å²) in [5.41, 5.74) is 4.95. The van der Waals surface area contributed by atoms with Crippen LogP contribution >= 0.6 is 0 Å². The average Bonchev–Trinajstić information content (AvgIpc) is 2.53. The number of primary amides is 1. The molecule has 0 aromatic carbocycles. The van der Waals surface area contributed by atoms with Gasteiger partial charge in [-0.05, 0) is 17.2 Å². The quantitative estimate of drug-likeness (QED) is 0.478. The molecule has 0 fully saturated rings. The van der Waals surface area contributed by atoms with Gasteiger partial charge in [0.05, 0.1) is 0 Å². The molecule has 0 atom stereocenters. The van der Waals surface area contributed by atoms with Crippen LogP contribution in [0.5, 0.6) is 0 Å². The summed E-state index contributed by atoms with van der Waals surface area (Å²) >= 11 is 0.